The van der Waals surface area contributed by atoms with Crippen LogP contribution in [0.25, 0.3) is 11.1 Å². The van der Waals surface area contributed by atoms with E-state index in [9.17, 15) is 9.90 Å². The summed E-state index contributed by atoms with van der Waals surface area (Å²) in [6, 6.07) is 16.0. The highest BCUT2D eigenvalue weighted by atomic mass is 16.3. The van der Waals surface area contributed by atoms with Gasteiger partial charge in [0.15, 0.2) is 0 Å². The minimum atomic E-state index is -0.0183. The number of hydrogen-bond donors (Lipinski definition) is 2. The second kappa shape index (κ2) is 6.65. The fraction of sp³-hybridized carbons (Fsp3) is 0.391. The van der Waals surface area contributed by atoms with Crippen LogP contribution in [0.1, 0.15) is 36.4 Å². The van der Waals surface area contributed by atoms with E-state index in [1.54, 1.807) is 0 Å². The highest BCUT2D eigenvalue weighted by molar-refractivity contribution is 5.83. The van der Waals surface area contributed by atoms with Gasteiger partial charge in [-0.2, -0.15) is 5.26 Å². The second-order valence-electron chi connectivity index (χ2n) is 8.13. The maximum Gasteiger partial charge on any atom is 0.226 e. The summed E-state index contributed by atoms with van der Waals surface area (Å²) in [4.78, 5) is 15.0. The first kappa shape index (κ1) is 17.3. The van der Waals surface area contributed by atoms with Gasteiger partial charge >= 0.3 is 0 Å². The number of anilines is 1. The van der Waals surface area contributed by atoms with E-state index in [4.69, 9.17) is 5.26 Å². The number of rotatable bonds is 3. The number of amides is 1. The smallest absolute Gasteiger partial charge is 0.226 e. The van der Waals surface area contributed by atoms with Crippen molar-refractivity contribution in [3.05, 3.63) is 53.6 Å². The van der Waals surface area contributed by atoms with E-state index >= 15 is 0 Å². The van der Waals surface area contributed by atoms with Crippen LogP contribution in [0.3, 0.4) is 0 Å². The van der Waals surface area contributed by atoms with Crippen molar-refractivity contribution in [2.75, 3.05) is 18.5 Å². The van der Waals surface area contributed by atoms with Crippen molar-refractivity contribution in [3.8, 4) is 17.2 Å². The van der Waals surface area contributed by atoms with Crippen LogP contribution in [0.5, 0.6) is 0 Å². The number of carbonyl (C=O) groups excluding carboxylic acids is 1. The van der Waals surface area contributed by atoms with Crippen molar-refractivity contribution in [2.45, 2.75) is 31.3 Å². The maximum atomic E-state index is 12.9. The van der Waals surface area contributed by atoms with E-state index < -0.39 is 0 Å². The van der Waals surface area contributed by atoms with E-state index in [0.717, 1.165) is 48.2 Å². The monoisotopic (exact) mass is 373 g/mol. The Morgan fingerprint density at radius 2 is 1.89 bits per heavy atom. The van der Waals surface area contributed by atoms with Crippen LogP contribution in [0.4, 0.5) is 5.69 Å². The van der Waals surface area contributed by atoms with E-state index in [-0.39, 0.29) is 36.4 Å². The van der Waals surface area contributed by atoms with E-state index in [2.05, 4.69) is 34.5 Å². The molecule has 2 aromatic carbocycles. The predicted molar refractivity (Wildman–Crippen MR) is 106 cm³/mol. The molecule has 5 heteroatoms. The van der Waals surface area contributed by atoms with Crippen LogP contribution in [0.15, 0.2) is 42.5 Å². The summed E-state index contributed by atoms with van der Waals surface area (Å²) in [6.45, 7) is 0.840. The SMILES string of the molecule is N#Cc1ccc(-c2ccc3c(c2)[C@H]2[C@H](CCN2C(=O)C2CC2)[C@@H](CO)N3)cc1. The van der Waals surface area contributed by atoms with E-state index in [0.29, 0.717) is 5.56 Å². The minimum Gasteiger partial charge on any atom is -0.394 e. The van der Waals surface area contributed by atoms with Crippen molar-refractivity contribution in [1.82, 2.24) is 4.90 Å². The first-order valence-electron chi connectivity index (χ1n) is 10.0. The topological polar surface area (TPSA) is 76.4 Å². The van der Waals surface area contributed by atoms with Gasteiger partial charge in [-0.3, -0.25) is 4.79 Å². The maximum absolute atomic E-state index is 12.9. The largest absolute Gasteiger partial charge is 0.394 e. The number of fused-ring (bicyclic) bond motifs is 3. The van der Waals surface area contributed by atoms with Crippen LogP contribution in [0, 0.1) is 23.2 Å². The van der Waals surface area contributed by atoms with Crippen molar-refractivity contribution in [2.24, 2.45) is 11.8 Å². The van der Waals surface area contributed by atoms with Crippen molar-refractivity contribution >= 4 is 11.6 Å². The highest BCUT2D eigenvalue weighted by Gasteiger charge is 2.48. The average Bonchev–Trinajstić information content (AvgIpc) is 3.50. The lowest BCUT2D eigenvalue weighted by Crippen LogP contribution is -2.43. The molecule has 2 aliphatic heterocycles. The molecule has 2 N–H and O–H groups in total. The third kappa shape index (κ3) is 2.76. The fourth-order valence-corrected chi connectivity index (χ4v) is 4.79. The lowest BCUT2D eigenvalue weighted by atomic mass is 9.82. The molecule has 1 aliphatic carbocycles. The third-order valence-electron chi connectivity index (χ3n) is 6.43. The molecule has 0 unspecified atom stereocenters. The molecule has 5 nitrogen and oxygen atoms in total. The Balaban J connectivity index is 1.55. The molecular weight excluding hydrogens is 350 g/mol. The van der Waals surface area contributed by atoms with Crippen molar-refractivity contribution in [1.29, 1.82) is 5.26 Å². The number of aliphatic hydroxyl groups excluding tert-OH is 1. The molecule has 1 saturated carbocycles. The minimum absolute atomic E-state index is 0.0183. The molecule has 0 radical (unpaired) electrons. The van der Waals surface area contributed by atoms with Crippen LogP contribution in [-0.2, 0) is 4.79 Å². The zero-order valence-corrected chi connectivity index (χ0v) is 15.6. The molecule has 3 aliphatic rings. The molecule has 1 amide bonds. The zero-order valence-electron chi connectivity index (χ0n) is 15.6. The zero-order chi connectivity index (χ0) is 19.3. The Kier molecular flexibility index (Phi) is 4.10. The number of likely N-dealkylation sites (tertiary alicyclic amines) is 1. The lowest BCUT2D eigenvalue weighted by Gasteiger charge is -2.39. The van der Waals surface area contributed by atoms with Gasteiger partial charge in [-0.25, -0.2) is 0 Å². The highest BCUT2D eigenvalue weighted by Crippen LogP contribution is 2.49. The Labute approximate surface area is 164 Å². The van der Waals surface area contributed by atoms with Gasteiger partial charge in [0.25, 0.3) is 0 Å². The van der Waals surface area contributed by atoms with Crippen LogP contribution >= 0.6 is 0 Å². The Hall–Kier alpha value is -2.84. The first-order chi connectivity index (χ1) is 13.7. The summed E-state index contributed by atoms with van der Waals surface area (Å²) in [5.74, 6) is 0.712. The molecule has 28 heavy (non-hydrogen) atoms. The van der Waals surface area contributed by atoms with Crippen molar-refractivity contribution < 1.29 is 9.90 Å². The van der Waals surface area contributed by atoms with Gasteiger partial charge in [-0.05, 0) is 60.2 Å². The number of nitrogens with one attached hydrogen (secondary N) is 1. The molecule has 0 aromatic heterocycles. The summed E-state index contributed by atoms with van der Waals surface area (Å²) in [7, 11) is 0. The molecular formula is C23H23N3O2. The van der Waals surface area contributed by atoms with Gasteiger partial charge in [0.2, 0.25) is 5.91 Å². The normalized spacial score (nSPS) is 25.4. The lowest BCUT2D eigenvalue weighted by molar-refractivity contribution is -0.134. The molecule has 5 rings (SSSR count). The van der Waals surface area contributed by atoms with Crippen LogP contribution < -0.4 is 5.32 Å². The Morgan fingerprint density at radius 3 is 2.57 bits per heavy atom. The fourth-order valence-electron chi connectivity index (χ4n) is 4.79. The standard InChI is InChI=1S/C23H23N3O2/c24-12-14-1-3-15(4-2-14)17-7-8-20-19(11-17)22-18(21(13-27)25-20)9-10-26(22)23(28)16-5-6-16/h1-4,7-8,11,16,18,21-22,25,27H,5-6,9-10,13H2/t18-,21-,22-/m1/s1. The summed E-state index contributed by atoms with van der Waals surface area (Å²) in [6.07, 6.45) is 2.93. The summed E-state index contributed by atoms with van der Waals surface area (Å²) in [5.41, 5.74) is 4.93. The summed E-state index contributed by atoms with van der Waals surface area (Å²) < 4.78 is 0. The van der Waals surface area contributed by atoms with Gasteiger partial charge in [0.1, 0.15) is 0 Å². The molecule has 0 bridgehead atoms. The number of benzene rings is 2. The summed E-state index contributed by atoms with van der Waals surface area (Å²) >= 11 is 0. The quantitative estimate of drug-likeness (QED) is 0.865. The molecule has 2 aromatic rings. The third-order valence-corrected chi connectivity index (χ3v) is 6.43. The number of nitriles is 1. The Morgan fingerprint density at radius 1 is 1.14 bits per heavy atom. The van der Waals surface area contributed by atoms with Gasteiger partial charge in [0, 0.05) is 24.1 Å². The van der Waals surface area contributed by atoms with E-state index in [1.807, 2.05) is 24.3 Å². The van der Waals surface area contributed by atoms with Gasteiger partial charge in [-0.15, -0.1) is 0 Å². The van der Waals surface area contributed by atoms with Crippen LogP contribution in [-0.4, -0.2) is 35.1 Å². The first-order valence-corrected chi connectivity index (χ1v) is 10.0. The molecule has 2 fully saturated rings. The molecule has 142 valence electrons. The summed E-state index contributed by atoms with van der Waals surface area (Å²) in [5, 5.41) is 22.4. The average molecular weight is 373 g/mol. The van der Waals surface area contributed by atoms with Gasteiger partial charge < -0.3 is 15.3 Å². The number of nitrogens with zero attached hydrogens (tertiary/aromatic N) is 2. The van der Waals surface area contributed by atoms with Crippen LogP contribution in [0.2, 0.25) is 0 Å². The van der Waals surface area contributed by atoms with Crippen molar-refractivity contribution in [3.63, 3.8) is 0 Å². The molecule has 1 saturated heterocycles. The number of hydrogen-bond acceptors (Lipinski definition) is 4. The predicted octanol–water partition coefficient (Wildman–Crippen LogP) is 3.31. The second-order valence-corrected chi connectivity index (χ2v) is 8.13. The van der Waals surface area contributed by atoms with E-state index in [1.165, 1.54) is 0 Å². The Bertz CT molecular complexity index is 959. The van der Waals surface area contributed by atoms with Gasteiger partial charge in [0.05, 0.1) is 30.3 Å². The number of carbonyl (C=O) groups is 1. The molecule has 0 spiro atoms. The van der Waals surface area contributed by atoms with Gasteiger partial charge in [-0.1, -0.05) is 18.2 Å². The molecule has 2 heterocycles. The number of aliphatic hydroxyl groups is 1. The molecule has 3 atom stereocenters.